The van der Waals surface area contributed by atoms with Crippen LogP contribution in [-0.2, 0) is 6.42 Å². The Hall–Kier alpha value is -0.630. The minimum absolute atomic E-state index is 0.267. The fourth-order valence-corrected chi connectivity index (χ4v) is 1.90. The lowest BCUT2D eigenvalue weighted by Crippen LogP contribution is -1.96. The predicted molar refractivity (Wildman–Crippen MR) is 48.3 cm³/mol. The number of aryl methyl sites for hydroxylation is 1. The second-order valence-electron chi connectivity index (χ2n) is 2.39. The van der Waals surface area contributed by atoms with Crippen LogP contribution in [-0.4, -0.2) is 5.78 Å². The van der Waals surface area contributed by atoms with Crippen molar-refractivity contribution in [2.45, 2.75) is 26.7 Å². The third-order valence-corrected chi connectivity index (χ3v) is 2.75. The summed E-state index contributed by atoms with van der Waals surface area (Å²) in [5.74, 6) is 0.267. The van der Waals surface area contributed by atoms with Gasteiger partial charge >= 0.3 is 0 Å². The second kappa shape index (κ2) is 3.67. The summed E-state index contributed by atoms with van der Waals surface area (Å²) in [6, 6.07) is 1.93. The molecule has 0 amide bonds. The maximum Gasteiger partial charge on any atom is 0.163 e. The monoisotopic (exact) mass is 168 g/mol. The van der Waals surface area contributed by atoms with Crippen LogP contribution < -0.4 is 0 Å². The zero-order chi connectivity index (χ0) is 8.27. The SMILES string of the molecule is CCC(=O)c1ccsc1CC. The first-order valence-corrected chi connectivity index (χ1v) is 4.77. The molecule has 0 atom stereocenters. The van der Waals surface area contributed by atoms with Crippen molar-refractivity contribution >= 4 is 17.1 Å². The third-order valence-electron chi connectivity index (χ3n) is 1.69. The molecule has 0 spiro atoms. The minimum atomic E-state index is 0.267. The Morgan fingerprint density at radius 2 is 2.27 bits per heavy atom. The van der Waals surface area contributed by atoms with Crippen molar-refractivity contribution < 1.29 is 4.79 Å². The highest BCUT2D eigenvalue weighted by Gasteiger charge is 2.08. The van der Waals surface area contributed by atoms with Gasteiger partial charge in [0.25, 0.3) is 0 Å². The summed E-state index contributed by atoms with van der Waals surface area (Å²) in [6.07, 6.45) is 1.59. The number of hydrogen-bond acceptors (Lipinski definition) is 2. The van der Waals surface area contributed by atoms with Crippen molar-refractivity contribution in [2.75, 3.05) is 0 Å². The molecule has 60 valence electrons. The molecule has 11 heavy (non-hydrogen) atoms. The molecule has 0 aromatic carbocycles. The molecule has 0 bridgehead atoms. The van der Waals surface area contributed by atoms with E-state index in [2.05, 4.69) is 6.92 Å². The second-order valence-corrected chi connectivity index (χ2v) is 3.39. The smallest absolute Gasteiger partial charge is 0.163 e. The fraction of sp³-hybridized carbons (Fsp3) is 0.444. The third kappa shape index (κ3) is 1.69. The Balaban J connectivity index is 2.92. The molecule has 2 heteroatoms. The van der Waals surface area contributed by atoms with Gasteiger partial charge in [-0.1, -0.05) is 13.8 Å². The van der Waals surface area contributed by atoms with E-state index < -0.39 is 0 Å². The molecule has 1 nitrogen and oxygen atoms in total. The minimum Gasteiger partial charge on any atom is -0.294 e. The molecule has 0 saturated heterocycles. The lowest BCUT2D eigenvalue weighted by atomic mass is 10.1. The van der Waals surface area contributed by atoms with Crippen molar-refractivity contribution in [3.05, 3.63) is 21.9 Å². The van der Waals surface area contributed by atoms with E-state index >= 15 is 0 Å². The van der Waals surface area contributed by atoms with Crippen LogP contribution in [0.4, 0.5) is 0 Å². The van der Waals surface area contributed by atoms with Crippen molar-refractivity contribution in [3.63, 3.8) is 0 Å². The molecular weight excluding hydrogens is 156 g/mol. The first-order valence-electron chi connectivity index (χ1n) is 3.89. The average Bonchev–Trinajstić information content (AvgIpc) is 2.50. The molecule has 0 aliphatic rings. The van der Waals surface area contributed by atoms with Gasteiger partial charge in [0.15, 0.2) is 5.78 Å². The Morgan fingerprint density at radius 3 is 2.82 bits per heavy atom. The largest absolute Gasteiger partial charge is 0.294 e. The molecule has 0 aliphatic heterocycles. The highest BCUT2D eigenvalue weighted by Crippen LogP contribution is 2.18. The summed E-state index contributed by atoms with van der Waals surface area (Å²) in [5, 5.41) is 1.99. The Labute approximate surface area is 71.1 Å². The number of hydrogen-bond donors (Lipinski definition) is 0. The molecule has 0 N–H and O–H groups in total. The molecule has 0 saturated carbocycles. The van der Waals surface area contributed by atoms with Gasteiger partial charge in [-0.25, -0.2) is 0 Å². The number of Topliss-reactive ketones (excluding diaryl/α,β-unsaturated/α-hetero) is 1. The number of rotatable bonds is 3. The van der Waals surface area contributed by atoms with Gasteiger partial charge in [0.05, 0.1) is 0 Å². The normalized spacial score (nSPS) is 10.0. The highest BCUT2D eigenvalue weighted by atomic mass is 32.1. The lowest BCUT2D eigenvalue weighted by molar-refractivity contribution is 0.0988. The van der Waals surface area contributed by atoms with Crippen LogP contribution in [0, 0.1) is 0 Å². The number of carbonyl (C=O) groups excluding carboxylic acids is 1. The molecule has 1 rings (SSSR count). The van der Waals surface area contributed by atoms with Crippen LogP contribution in [0.5, 0.6) is 0 Å². The highest BCUT2D eigenvalue weighted by molar-refractivity contribution is 7.10. The molecule has 1 heterocycles. The average molecular weight is 168 g/mol. The van der Waals surface area contributed by atoms with Gasteiger partial charge in [0, 0.05) is 16.9 Å². The predicted octanol–water partition coefficient (Wildman–Crippen LogP) is 2.90. The number of thiophene rings is 1. The number of carbonyl (C=O) groups is 1. The van der Waals surface area contributed by atoms with Gasteiger partial charge in [-0.3, -0.25) is 4.79 Å². The van der Waals surface area contributed by atoms with Crippen LogP contribution >= 0.6 is 11.3 Å². The maximum atomic E-state index is 11.3. The molecule has 0 aliphatic carbocycles. The lowest BCUT2D eigenvalue weighted by Gasteiger charge is -1.95. The van der Waals surface area contributed by atoms with Gasteiger partial charge in [-0.05, 0) is 17.9 Å². The summed E-state index contributed by atoms with van der Waals surface area (Å²) >= 11 is 1.67. The molecular formula is C9H12OS. The molecule has 0 unspecified atom stereocenters. The quantitative estimate of drug-likeness (QED) is 0.634. The van der Waals surface area contributed by atoms with Crippen molar-refractivity contribution in [1.82, 2.24) is 0 Å². The summed E-state index contributed by atoms with van der Waals surface area (Å²) in [7, 11) is 0. The van der Waals surface area contributed by atoms with Gasteiger partial charge in [-0.2, -0.15) is 0 Å². The first kappa shape index (κ1) is 8.47. The van der Waals surface area contributed by atoms with Crippen LogP contribution in [0.1, 0.15) is 35.5 Å². The zero-order valence-electron chi connectivity index (χ0n) is 6.89. The van der Waals surface area contributed by atoms with Gasteiger partial charge in [-0.15, -0.1) is 11.3 Å². The van der Waals surface area contributed by atoms with Crippen molar-refractivity contribution in [3.8, 4) is 0 Å². The maximum absolute atomic E-state index is 11.3. The van der Waals surface area contributed by atoms with E-state index in [9.17, 15) is 4.79 Å². The Morgan fingerprint density at radius 1 is 1.55 bits per heavy atom. The topological polar surface area (TPSA) is 17.1 Å². The van der Waals surface area contributed by atoms with Crippen molar-refractivity contribution in [2.24, 2.45) is 0 Å². The fourth-order valence-electron chi connectivity index (χ4n) is 1.05. The molecule has 0 radical (unpaired) electrons. The Kier molecular flexibility index (Phi) is 2.83. The van der Waals surface area contributed by atoms with E-state index in [0.29, 0.717) is 6.42 Å². The summed E-state index contributed by atoms with van der Waals surface area (Å²) in [5.41, 5.74) is 0.931. The van der Waals surface area contributed by atoms with Crippen LogP contribution in [0.25, 0.3) is 0 Å². The zero-order valence-corrected chi connectivity index (χ0v) is 7.70. The summed E-state index contributed by atoms with van der Waals surface area (Å²) in [4.78, 5) is 12.5. The van der Waals surface area contributed by atoms with Gasteiger partial charge < -0.3 is 0 Å². The standard InChI is InChI=1S/C9H12OS/c1-3-8(10)7-5-6-11-9(7)4-2/h5-6H,3-4H2,1-2H3. The molecule has 0 fully saturated rings. The van der Waals surface area contributed by atoms with Crippen molar-refractivity contribution in [1.29, 1.82) is 0 Å². The first-order chi connectivity index (χ1) is 5.29. The Bertz CT molecular complexity index is 250. The van der Waals surface area contributed by atoms with Gasteiger partial charge in [0.2, 0.25) is 0 Å². The van der Waals surface area contributed by atoms with E-state index in [-0.39, 0.29) is 5.78 Å². The number of ketones is 1. The summed E-state index contributed by atoms with van der Waals surface area (Å²) < 4.78 is 0. The van der Waals surface area contributed by atoms with Gasteiger partial charge in [0.1, 0.15) is 0 Å². The van der Waals surface area contributed by atoms with E-state index in [1.54, 1.807) is 11.3 Å². The van der Waals surface area contributed by atoms with E-state index in [1.807, 2.05) is 18.4 Å². The van der Waals surface area contributed by atoms with E-state index in [1.165, 1.54) is 4.88 Å². The summed E-state index contributed by atoms with van der Waals surface area (Å²) in [6.45, 7) is 3.98. The van der Waals surface area contributed by atoms with Crippen LogP contribution in [0.2, 0.25) is 0 Å². The molecule has 1 aromatic rings. The van der Waals surface area contributed by atoms with E-state index in [4.69, 9.17) is 0 Å². The van der Waals surface area contributed by atoms with E-state index in [0.717, 1.165) is 12.0 Å². The van der Waals surface area contributed by atoms with Crippen LogP contribution in [0.3, 0.4) is 0 Å². The molecule has 1 aromatic heterocycles. The van der Waals surface area contributed by atoms with Crippen LogP contribution in [0.15, 0.2) is 11.4 Å².